The second kappa shape index (κ2) is 7.26. The van der Waals surface area contributed by atoms with Crippen molar-refractivity contribution in [2.45, 2.75) is 32.4 Å². The number of imidazole rings is 1. The predicted octanol–water partition coefficient (Wildman–Crippen LogP) is 2.37. The average molecular weight is 367 g/mol. The van der Waals surface area contributed by atoms with E-state index in [1.807, 2.05) is 33.7 Å². The first-order valence-corrected chi connectivity index (χ1v) is 9.04. The number of hydrogen-bond donors (Lipinski definition) is 0. The molecule has 140 valence electrons. The Labute approximate surface area is 156 Å². The molecule has 3 aromatic rings. The van der Waals surface area contributed by atoms with Crippen molar-refractivity contribution in [3.05, 3.63) is 58.9 Å². The van der Waals surface area contributed by atoms with Gasteiger partial charge in [-0.1, -0.05) is 12.1 Å². The summed E-state index contributed by atoms with van der Waals surface area (Å²) >= 11 is 0. The molecule has 0 radical (unpaired) electrons. The standard InChI is InChI=1S/C20H21N3O4/c1-14-10-16(11-20(25)26-14)27-15-6-8-22(9-7-15)19(24)12-23-13-21-17-4-2-3-5-18(17)23/h2-5,10-11,13,15H,6-9,12H2,1H3. The molecule has 1 amide bonds. The Hall–Kier alpha value is -3.09. The highest BCUT2D eigenvalue weighted by Crippen LogP contribution is 2.19. The van der Waals surface area contributed by atoms with Crippen LogP contribution in [0.4, 0.5) is 0 Å². The molecule has 1 aliphatic rings. The van der Waals surface area contributed by atoms with Gasteiger partial charge >= 0.3 is 5.63 Å². The van der Waals surface area contributed by atoms with E-state index in [9.17, 15) is 9.59 Å². The number of para-hydroxylation sites is 2. The number of nitrogens with zero attached hydrogens (tertiary/aromatic N) is 3. The summed E-state index contributed by atoms with van der Waals surface area (Å²) in [5, 5.41) is 0. The molecule has 7 nitrogen and oxygen atoms in total. The van der Waals surface area contributed by atoms with E-state index in [1.165, 1.54) is 6.07 Å². The van der Waals surface area contributed by atoms with Gasteiger partial charge in [0, 0.05) is 32.0 Å². The average Bonchev–Trinajstić information content (AvgIpc) is 3.04. The molecule has 1 saturated heterocycles. The smallest absolute Gasteiger partial charge is 0.339 e. The lowest BCUT2D eigenvalue weighted by Gasteiger charge is -2.32. The molecule has 0 aliphatic carbocycles. The minimum absolute atomic E-state index is 0.00988. The van der Waals surface area contributed by atoms with Gasteiger partial charge < -0.3 is 18.6 Å². The number of piperidine rings is 1. The third-order valence-corrected chi connectivity index (χ3v) is 4.80. The van der Waals surface area contributed by atoms with Crippen molar-refractivity contribution in [1.82, 2.24) is 14.5 Å². The number of carbonyl (C=O) groups is 1. The first kappa shape index (κ1) is 17.3. The van der Waals surface area contributed by atoms with E-state index >= 15 is 0 Å². The number of ether oxygens (including phenoxy) is 1. The third-order valence-electron chi connectivity index (χ3n) is 4.80. The minimum atomic E-state index is -0.412. The van der Waals surface area contributed by atoms with Crippen molar-refractivity contribution < 1.29 is 13.9 Å². The van der Waals surface area contributed by atoms with E-state index in [0.717, 1.165) is 23.9 Å². The fraction of sp³-hybridized carbons (Fsp3) is 0.350. The number of fused-ring (bicyclic) bond motifs is 1. The van der Waals surface area contributed by atoms with Gasteiger partial charge in [-0.25, -0.2) is 9.78 Å². The summed E-state index contributed by atoms with van der Waals surface area (Å²) in [4.78, 5) is 30.3. The molecule has 0 unspecified atom stereocenters. The molecule has 2 aromatic heterocycles. The number of carbonyl (C=O) groups excluding carboxylic acids is 1. The lowest BCUT2D eigenvalue weighted by molar-refractivity contribution is -0.133. The molecule has 3 heterocycles. The van der Waals surface area contributed by atoms with Crippen LogP contribution in [-0.2, 0) is 11.3 Å². The summed E-state index contributed by atoms with van der Waals surface area (Å²) < 4.78 is 12.7. The molecular formula is C20H21N3O4. The van der Waals surface area contributed by atoms with E-state index in [2.05, 4.69) is 4.98 Å². The molecule has 27 heavy (non-hydrogen) atoms. The Bertz CT molecular complexity index is 1020. The fourth-order valence-corrected chi connectivity index (χ4v) is 3.44. The number of likely N-dealkylation sites (tertiary alicyclic amines) is 1. The molecule has 0 bridgehead atoms. The van der Waals surface area contributed by atoms with Gasteiger partial charge in [-0.3, -0.25) is 4.79 Å². The van der Waals surface area contributed by atoms with Crippen molar-refractivity contribution in [2.75, 3.05) is 13.1 Å². The summed E-state index contributed by atoms with van der Waals surface area (Å²) in [5.41, 5.74) is 1.44. The van der Waals surface area contributed by atoms with Crippen molar-refractivity contribution in [3.63, 3.8) is 0 Å². The summed E-state index contributed by atoms with van der Waals surface area (Å²) in [5.74, 6) is 1.13. The molecule has 1 aromatic carbocycles. The van der Waals surface area contributed by atoms with Gasteiger partial charge in [0.05, 0.1) is 23.4 Å². The number of aromatic nitrogens is 2. The molecule has 0 atom stereocenters. The number of aryl methyl sites for hydroxylation is 1. The summed E-state index contributed by atoms with van der Waals surface area (Å²) in [6, 6.07) is 10.8. The Morgan fingerprint density at radius 1 is 1.26 bits per heavy atom. The number of rotatable bonds is 4. The van der Waals surface area contributed by atoms with Gasteiger partial charge in [0.25, 0.3) is 0 Å². The maximum atomic E-state index is 12.6. The highest BCUT2D eigenvalue weighted by Gasteiger charge is 2.24. The molecule has 4 rings (SSSR count). The van der Waals surface area contributed by atoms with Crippen LogP contribution in [0.1, 0.15) is 18.6 Å². The quantitative estimate of drug-likeness (QED) is 0.707. The van der Waals surface area contributed by atoms with Crippen LogP contribution < -0.4 is 10.4 Å². The lowest BCUT2D eigenvalue weighted by atomic mass is 10.1. The lowest BCUT2D eigenvalue weighted by Crippen LogP contribution is -2.43. The second-order valence-corrected chi connectivity index (χ2v) is 6.78. The molecule has 0 spiro atoms. The Balaban J connectivity index is 1.34. The zero-order valence-corrected chi connectivity index (χ0v) is 15.1. The molecule has 1 aliphatic heterocycles. The zero-order chi connectivity index (χ0) is 18.8. The van der Waals surface area contributed by atoms with E-state index in [1.54, 1.807) is 19.3 Å². The molecule has 1 fully saturated rings. The maximum absolute atomic E-state index is 12.6. The number of amides is 1. The molecule has 0 N–H and O–H groups in total. The molecule has 0 saturated carbocycles. The van der Waals surface area contributed by atoms with Crippen LogP contribution in [0.3, 0.4) is 0 Å². The first-order chi connectivity index (χ1) is 13.1. The monoisotopic (exact) mass is 367 g/mol. The van der Waals surface area contributed by atoms with Crippen LogP contribution in [0, 0.1) is 6.92 Å². The molecular weight excluding hydrogens is 346 g/mol. The zero-order valence-electron chi connectivity index (χ0n) is 15.1. The highest BCUT2D eigenvalue weighted by molar-refractivity contribution is 5.80. The first-order valence-electron chi connectivity index (χ1n) is 9.04. The Morgan fingerprint density at radius 2 is 2.04 bits per heavy atom. The van der Waals surface area contributed by atoms with E-state index in [-0.39, 0.29) is 18.6 Å². The predicted molar refractivity (Wildman–Crippen MR) is 99.7 cm³/mol. The Kier molecular flexibility index (Phi) is 4.66. The van der Waals surface area contributed by atoms with Crippen molar-refractivity contribution in [3.8, 4) is 5.75 Å². The topological polar surface area (TPSA) is 77.6 Å². The van der Waals surface area contributed by atoms with Crippen LogP contribution in [0.2, 0.25) is 0 Å². The van der Waals surface area contributed by atoms with E-state index in [0.29, 0.717) is 24.6 Å². The van der Waals surface area contributed by atoms with Crippen LogP contribution in [0.25, 0.3) is 11.0 Å². The van der Waals surface area contributed by atoms with E-state index < -0.39 is 5.63 Å². The van der Waals surface area contributed by atoms with Gasteiger partial charge in [-0.05, 0) is 19.1 Å². The van der Waals surface area contributed by atoms with Gasteiger partial charge in [0.1, 0.15) is 24.2 Å². The van der Waals surface area contributed by atoms with Gasteiger partial charge in [-0.2, -0.15) is 0 Å². The van der Waals surface area contributed by atoms with Gasteiger partial charge in [0.2, 0.25) is 5.91 Å². The van der Waals surface area contributed by atoms with Crippen LogP contribution in [0.15, 0.2) is 51.9 Å². The van der Waals surface area contributed by atoms with Crippen molar-refractivity contribution in [2.24, 2.45) is 0 Å². The molecule has 7 heteroatoms. The number of benzene rings is 1. The summed E-state index contributed by atoms with van der Waals surface area (Å²) in [6.07, 6.45) is 3.16. The Morgan fingerprint density at radius 3 is 2.81 bits per heavy atom. The normalized spacial score (nSPS) is 15.2. The van der Waals surface area contributed by atoms with Crippen LogP contribution in [0.5, 0.6) is 5.75 Å². The largest absolute Gasteiger partial charge is 0.490 e. The fourth-order valence-electron chi connectivity index (χ4n) is 3.44. The number of hydrogen-bond acceptors (Lipinski definition) is 5. The maximum Gasteiger partial charge on any atom is 0.339 e. The van der Waals surface area contributed by atoms with Gasteiger partial charge in [0.15, 0.2) is 0 Å². The third kappa shape index (κ3) is 3.86. The SMILES string of the molecule is Cc1cc(OC2CCN(C(=O)Cn3cnc4ccccc43)CC2)cc(=O)o1. The van der Waals surface area contributed by atoms with Crippen LogP contribution >= 0.6 is 0 Å². The summed E-state index contributed by atoms with van der Waals surface area (Å²) in [6.45, 7) is 3.27. The van der Waals surface area contributed by atoms with Crippen molar-refractivity contribution >= 4 is 16.9 Å². The van der Waals surface area contributed by atoms with Crippen LogP contribution in [-0.4, -0.2) is 39.6 Å². The second-order valence-electron chi connectivity index (χ2n) is 6.78. The highest BCUT2D eigenvalue weighted by atomic mass is 16.5. The summed E-state index contributed by atoms with van der Waals surface area (Å²) in [7, 11) is 0. The minimum Gasteiger partial charge on any atom is -0.490 e. The van der Waals surface area contributed by atoms with Crippen molar-refractivity contribution in [1.29, 1.82) is 0 Å². The van der Waals surface area contributed by atoms with Gasteiger partial charge in [-0.15, -0.1) is 0 Å². The van der Waals surface area contributed by atoms with E-state index in [4.69, 9.17) is 9.15 Å².